The van der Waals surface area contributed by atoms with Gasteiger partial charge in [0, 0.05) is 13.0 Å². The first-order valence-electron chi connectivity index (χ1n) is 6.00. The number of hydrogen-bond donors (Lipinski definition) is 3. The molecule has 0 saturated heterocycles. The van der Waals surface area contributed by atoms with E-state index in [1.165, 1.54) is 16.8 Å². The number of carbonyl (C=O) groups excluding carboxylic acids is 1. The van der Waals surface area contributed by atoms with Crippen molar-refractivity contribution in [1.29, 1.82) is 0 Å². The van der Waals surface area contributed by atoms with Gasteiger partial charge in [-0.15, -0.1) is 10.2 Å². The highest BCUT2D eigenvalue weighted by atomic mass is 32.1. The van der Waals surface area contributed by atoms with Gasteiger partial charge in [0.05, 0.1) is 0 Å². The fraction of sp³-hybridized carbons (Fsp3) is 0.636. The number of urea groups is 1. The van der Waals surface area contributed by atoms with Crippen molar-refractivity contribution in [2.24, 2.45) is 11.8 Å². The molecule has 2 amide bonds. The summed E-state index contributed by atoms with van der Waals surface area (Å²) in [5.74, 6) is -0.535. The Bertz CT molecular complexity index is 408. The van der Waals surface area contributed by atoms with Crippen molar-refractivity contribution in [1.82, 2.24) is 15.5 Å². The number of carboxylic acids is 1. The number of amides is 2. The maximum atomic E-state index is 11.6. The predicted octanol–water partition coefficient (Wildman–Crippen LogP) is 1.80. The van der Waals surface area contributed by atoms with Crippen LogP contribution in [-0.2, 0) is 4.79 Å². The number of hydrogen-bond acceptors (Lipinski definition) is 5. The Hall–Kier alpha value is -1.70. The van der Waals surface area contributed by atoms with Crippen molar-refractivity contribution in [3.05, 3.63) is 5.51 Å². The van der Waals surface area contributed by atoms with Crippen molar-refractivity contribution < 1.29 is 14.7 Å². The third kappa shape index (κ3) is 6.70. The summed E-state index contributed by atoms with van der Waals surface area (Å²) in [6.45, 7) is 4.38. The molecule has 0 aliphatic rings. The number of nitrogens with zero attached hydrogens (tertiary/aromatic N) is 2. The maximum absolute atomic E-state index is 11.6. The van der Waals surface area contributed by atoms with E-state index in [0.29, 0.717) is 17.6 Å². The van der Waals surface area contributed by atoms with Crippen LogP contribution >= 0.6 is 11.3 Å². The summed E-state index contributed by atoms with van der Waals surface area (Å²) in [5, 5.41) is 21.7. The van der Waals surface area contributed by atoms with Crippen LogP contribution in [0.15, 0.2) is 5.51 Å². The van der Waals surface area contributed by atoms with E-state index in [4.69, 9.17) is 5.11 Å². The lowest BCUT2D eigenvalue weighted by Gasteiger charge is -2.17. The second-order valence-corrected chi connectivity index (χ2v) is 5.51. The molecule has 0 aromatic carbocycles. The van der Waals surface area contributed by atoms with Crippen molar-refractivity contribution in [3.8, 4) is 0 Å². The van der Waals surface area contributed by atoms with Crippen LogP contribution in [0.3, 0.4) is 0 Å². The Morgan fingerprint density at radius 3 is 2.74 bits per heavy atom. The van der Waals surface area contributed by atoms with Gasteiger partial charge in [0.2, 0.25) is 5.13 Å². The molecule has 0 radical (unpaired) electrons. The van der Waals surface area contributed by atoms with Crippen LogP contribution in [0.1, 0.15) is 26.7 Å². The van der Waals surface area contributed by atoms with E-state index in [9.17, 15) is 9.59 Å². The third-order valence-electron chi connectivity index (χ3n) is 2.40. The van der Waals surface area contributed by atoms with Crippen LogP contribution < -0.4 is 10.6 Å². The highest BCUT2D eigenvalue weighted by Gasteiger charge is 2.16. The topological polar surface area (TPSA) is 104 Å². The van der Waals surface area contributed by atoms with Gasteiger partial charge in [0.25, 0.3) is 0 Å². The molecule has 1 rings (SSSR count). The quantitative estimate of drug-likeness (QED) is 0.709. The SMILES string of the molecule is CC(C)CC(CNC(=O)Nc1nncs1)CC(=O)O. The molecule has 0 aliphatic carbocycles. The van der Waals surface area contributed by atoms with Gasteiger partial charge in [0.1, 0.15) is 5.51 Å². The Morgan fingerprint density at radius 2 is 2.21 bits per heavy atom. The van der Waals surface area contributed by atoms with Gasteiger partial charge < -0.3 is 10.4 Å². The minimum Gasteiger partial charge on any atom is -0.481 e. The van der Waals surface area contributed by atoms with Crippen molar-refractivity contribution in [3.63, 3.8) is 0 Å². The van der Waals surface area contributed by atoms with E-state index in [0.717, 1.165) is 6.42 Å². The first-order chi connectivity index (χ1) is 8.97. The minimum absolute atomic E-state index is 0.0528. The van der Waals surface area contributed by atoms with Crippen molar-refractivity contribution in [2.45, 2.75) is 26.7 Å². The molecule has 0 fully saturated rings. The summed E-state index contributed by atoms with van der Waals surface area (Å²) in [4.78, 5) is 22.3. The maximum Gasteiger partial charge on any atom is 0.321 e. The van der Waals surface area contributed by atoms with Crippen molar-refractivity contribution >= 4 is 28.5 Å². The van der Waals surface area contributed by atoms with Crippen LogP contribution in [0, 0.1) is 11.8 Å². The van der Waals surface area contributed by atoms with Crippen LogP contribution in [0.5, 0.6) is 0 Å². The van der Waals surface area contributed by atoms with E-state index in [2.05, 4.69) is 20.8 Å². The first kappa shape index (κ1) is 15.4. The molecular formula is C11H18N4O3S. The van der Waals surface area contributed by atoms with E-state index in [-0.39, 0.29) is 12.3 Å². The molecule has 0 aliphatic heterocycles. The summed E-state index contributed by atoms with van der Waals surface area (Å²) >= 11 is 1.22. The zero-order valence-electron chi connectivity index (χ0n) is 10.9. The average molecular weight is 286 g/mol. The van der Waals surface area contributed by atoms with Gasteiger partial charge in [-0.05, 0) is 18.3 Å². The summed E-state index contributed by atoms with van der Waals surface area (Å²) in [6, 6.07) is -0.393. The van der Waals surface area contributed by atoms with E-state index in [1.54, 1.807) is 0 Å². The molecule has 19 heavy (non-hydrogen) atoms. The number of nitrogens with one attached hydrogen (secondary N) is 2. The minimum atomic E-state index is -0.850. The smallest absolute Gasteiger partial charge is 0.321 e. The number of carbonyl (C=O) groups is 2. The number of carboxylic acid groups (broad SMARTS) is 1. The number of aliphatic carboxylic acids is 1. The molecule has 1 aromatic rings. The molecule has 1 atom stereocenters. The fourth-order valence-electron chi connectivity index (χ4n) is 1.76. The van der Waals surface area contributed by atoms with Gasteiger partial charge in [-0.1, -0.05) is 25.2 Å². The van der Waals surface area contributed by atoms with Crippen LogP contribution in [-0.4, -0.2) is 33.8 Å². The highest BCUT2D eigenvalue weighted by Crippen LogP contribution is 2.15. The largest absolute Gasteiger partial charge is 0.481 e. The van der Waals surface area contributed by atoms with Gasteiger partial charge >= 0.3 is 12.0 Å². The van der Waals surface area contributed by atoms with Gasteiger partial charge in [-0.3, -0.25) is 10.1 Å². The lowest BCUT2D eigenvalue weighted by Crippen LogP contribution is -2.34. The van der Waals surface area contributed by atoms with Crippen LogP contribution in [0.25, 0.3) is 0 Å². The van der Waals surface area contributed by atoms with E-state index in [1.807, 2.05) is 13.8 Å². The molecule has 0 bridgehead atoms. The Labute approximate surface area is 115 Å². The molecule has 0 saturated carbocycles. The zero-order valence-corrected chi connectivity index (χ0v) is 11.7. The lowest BCUT2D eigenvalue weighted by molar-refractivity contribution is -0.138. The summed E-state index contributed by atoms with van der Waals surface area (Å²) in [5.41, 5.74) is 1.52. The van der Waals surface area contributed by atoms with Gasteiger partial charge in [-0.2, -0.15) is 0 Å². The predicted molar refractivity (Wildman–Crippen MR) is 72.1 cm³/mol. The summed E-state index contributed by atoms with van der Waals surface area (Å²) in [6.07, 6.45) is 0.808. The molecule has 8 heteroatoms. The summed E-state index contributed by atoms with van der Waals surface area (Å²) < 4.78 is 0. The zero-order chi connectivity index (χ0) is 14.3. The van der Waals surface area contributed by atoms with Gasteiger partial charge in [-0.25, -0.2) is 4.79 Å². The van der Waals surface area contributed by atoms with E-state index < -0.39 is 12.0 Å². The number of rotatable bonds is 7. The van der Waals surface area contributed by atoms with Gasteiger partial charge in [0.15, 0.2) is 0 Å². The molecule has 0 spiro atoms. The highest BCUT2D eigenvalue weighted by molar-refractivity contribution is 7.13. The lowest BCUT2D eigenvalue weighted by atomic mass is 9.94. The Morgan fingerprint density at radius 1 is 1.47 bits per heavy atom. The van der Waals surface area contributed by atoms with Crippen molar-refractivity contribution in [2.75, 3.05) is 11.9 Å². The molecule has 1 heterocycles. The second kappa shape index (κ2) is 7.67. The van der Waals surface area contributed by atoms with Crippen LogP contribution in [0.2, 0.25) is 0 Å². The molecule has 1 unspecified atom stereocenters. The molecule has 106 valence electrons. The monoisotopic (exact) mass is 286 g/mol. The Kier molecular flexibility index (Phi) is 6.20. The standard InChI is InChI=1S/C11H18N4O3S/c1-7(2)3-8(4-9(16)17)5-12-10(18)14-11-15-13-6-19-11/h6-8H,3-5H2,1-2H3,(H,16,17)(H2,12,14,15,18). The summed E-state index contributed by atoms with van der Waals surface area (Å²) in [7, 11) is 0. The van der Waals surface area contributed by atoms with Crippen LogP contribution in [0.4, 0.5) is 9.93 Å². The number of aromatic nitrogens is 2. The number of anilines is 1. The molecule has 7 nitrogen and oxygen atoms in total. The third-order valence-corrected chi connectivity index (χ3v) is 3.01. The Balaban J connectivity index is 2.37. The average Bonchev–Trinajstić information content (AvgIpc) is 2.77. The van der Waals surface area contributed by atoms with E-state index >= 15 is 0 Å². The fourth-order valence-corrected chi connectivity index (χ4v) is 2.20. The first-order valence-corrected chi connectivity index (χ1v) is 6.88. The second-order valence-electron chi connectivity index (χ2n) is 4.67. The molecule has 1 aromatic heterocycles. The normalized spacial score (nSPS) is 12.2. The molecule has 3 N–H and O–H groups in total. The molecular weight excluding hydrogens is 268 g/mol.